The zero-order chi connectivity index (χ0) is 14.4. The van der Waals surface area contributed by atoms with Crippen LogP contribution in [-0.4, -0.2) is 28.6 Å². The van der Waals surface area contributed by atoms with Crippen LogP contribution in [0.25, 0.3) is 0 Å². The third-order valence-corrected chi connectivity index (χ3v) is 2.29. The van der Waals surface area contributed by atoms with E-state index in [1.54, 1.807) is 6.92 Å². The molecule has 8 heteroatoms. The summed E-state index contributed by atoms with van der Waals surface area (Å²) in [5.41, 5.74) is 0.912. The van der Waals surface area contributed by atoms with Gasteiger partial charge in [0.2, 0.25) is 0 Å². The number of amides is 2. The molecule has 0 saturated heterocycles. The molecule has 0 fully saturated rings. The zero-order valence-corrected chi connectivity index (χ0v) is 10.2. The van der Waals surface area contributed by atoms with Crippen LogP contribution in [0.2, 0.25) is 0 Å². The predicted octanol–water partition coefficient (Wildman–Crippen LogP) is 1.50. The summed E-state index contributed by atoms with van der Waals surface area (Å²) in [6, 6.07) is 3.48. The minimum Gasteiger partial charge on any atom is -0.481 e. The molecule has 0 aliphatic carbocycles. The number of carboxylic acids is 1. The molecule has 0 atom stereocenters. The summed E-state index contributed by atoms with van der Waals surface area (Å²) >= 11 is 0. The summed E-state index contributed by atoms with van der Waals surface area (Å²) < 4.78 is 0. The van der Waals surface area contributed by atoms with Gasteiger partial charge in [-0.25, -0.2) is 4.79 Å². The Bertz CT molecular complexity index is 515. The van der Waals surface area contributed by atoms with E-state index in [0.29, 0.717) is 11.3 Å². The number of urea groups is 1. The molecule has 0 unspecified atom stereocenters. The zero-order valence-electron chi connectivity index (χ0n) is 10.2. The van der Waals surface area contributed by atoms with Crippen LogP contribution < -0.4 is 10.6 Å². The molecule has 0 spiro atoms. The topological polar surface area (TPSA) is 122 Å². The van der Waals surface area contributed by atoms with Gasteiger partial charge in [-0.2, -0.15) is 0 Å². The highest BCUT2D eigenvalue weighted by atomic mass is 16.6. The lowest BCUT2D eigenvalue weighted by atomic mass is 10.2. The number of nitro groups is 1. The van der Waals surface area contributed by atoms with Gasteiger partial charge in [-0.3, -0.25) is 14.9 Å². The maximum atomic E-state index is 11.4. The normalized spacial score (nSPS) is 9.74. The second kappa shape index (κ2) is 6.34. The number of nitro benzene ring substituents is 1. The van der Waals surface area contributed by atoms with Gasteiger partial charge in [0, 0.05) is 24.4 Å². The average molecular weight is 267 g/mol. The Morgan fingerprint density at radius 3 is 2.63 bits per heavy atom. The molecule has 1 aromatic carbocycles. The number of benzene rings is 1. The molecule has 0 heterocycles. The van der Waals surface area contributed by atoms with E-state index in [4.69, 9.17) is 5.11 Å². The molecule has 102 valence electrons. The minimum atomic E-state index is -1.01. The largest absolute Gasteiger partial charge is 0.481 e. The Labute approximate surface area is 108 Å². The highest BCUT2D eigenvalue weighted by Crippen LogP contribution is 2.20. The summed E-state index contributed by atoms with van der Waals surface area (Å²) in [5, 5.41) is 23.8. The SMILES string of the molecule is Cc1cc([N+](=O)[O-])ccc1NC(=O)NCCC(=O)O. The molecule has 0 aliphatic rings. The van der Waals surface area contributed by atoms with Crippen LogP contribution in [0.5, 0.6) is 0 Å². The van der Waals surface area contributed by atoms with Crippen molar-refractivity contribution in [1.82, 2.24) is 5.32 Å². The van der Waals surface area contributed by atoms with Crippen LogP contribution in [0.1, 0.15) is 12.0 Å². The standard InChI is InChI=1S/C11H13N3O5/c1-7-6-8(14(18)19)2-3-9(7)13-11(17)12-5-4-10(15)16/h2-3,6H,4-5H2,1H3,(H,15,16)(H2,12,13,17). The summed E-state index contributed by atoms with van der Waals surface area (Å²) in [6.07, 6.45) is -0.174. The van der Waals surface area contributed by atoms with Gasteiger partial charge in [0.1, 0.15) is 0 Å². The molecule has 3 N–H and O–H groups in total. The van der Waals surface area contributed by atoms with Gasteiger partial charge in [0.15, 0.2) is 0 Å². The van der Waals surface area contributed by atoms with Crippen molar-refractivity contribution in [2.45, 2.75) is 13.3 Å². The van der Waals surface area contributed by atoms with Crippen molar-refractivity contribution in [3.05, 3.63) is 33.9 Å². The van der Waals surface area contributed by atoms with E-state index >= 15 is 0 Å². The van der Waals surface area contributed by atoms with Crippen LogP contribution >= 0.6 is 0 Å². The average Bonchev–Trinajstić information content (AvgIpc) is 2.31. The summed E-state index contributed by atoms with van der Waals surface area (Å²) in [5.74, 6) is -1.01. The van der Waals surface area contributed by atoms with Crippen molar-refractivity contribution in [1.29, 1.82) is 0 Å². The van der Waals surface area contributed by atoms with Gasteiger partial charge in [0.25, 0.3) is 5.69 Å². The lowest BCUT2D eigenvalue weighted by Gasteiger charge is -2.09. The fraction of sp³-hybridized carbons (Fsp3) is 0.273. The lowest BCUT2D eigenvalue weighted by molar-refractivity contribution is -0.384. The first kappa shape index (κ1) is 14.4. The molecular formula is C11H13N3O5. The lowest BCUT2D eigenvalue weighted by Crippen LogP contribution is -2.30. The number of rotatable bonds is 5. The van der Waals surface area contributed by atoms with Crippen LogP contribution in [0.4, 0.5) is 16.2 Å². The first-order chi connectivity index (χ1) is 8.90. The van der Waals surface area contributed by atoms with Gasteiger partial charge in [0.05, 0.1) is 11.3 Å². The Morgan fingerprint density at radius 2 is 2.11 bits per heavy atom. The van der Waals surface area contributed by atoms with Crippen molar-refractivity contribution in [3.8, 4) is 0 Å². The van der Waals surface area contributed by atoms with Crippen LogP contribution in [0.15, 0.2) is 18.2 Å². The third kappa shape index (κ3) is 4.62. The molecule has 0 radical (unpaired) electrons. The van der Waals surface area contributed by atoms with E-state index in [1.165, 1.54) is 18.2 Å². The third-order valence-electron chi connectivity index (χ3n) is 2.29. The fourth-order valence-corrected chi connectivity index (χ4v) is 1.35. The number of aryl methyl sites for hydroxylation is 1. The highest BCUT2D eigenvalue weighted by molar-refractivity contribution is 5.90. The first-order valence-corrected chi connectivity index (χ1v) is 5.42. The predicted molar refractivity (Wildman–Crippen MR) is 67.1 cm³/mol. The maximum absolute atomic E-state index is 11.4. The first-order valence-electron chi connectivity index (χ1n) is 5.42. The maximum Gasteiger partial charge on any atom is 0.319 e. The molecule has 8 nitrogen and oxygen atoms in total. The van der Waals surface area contributed by atoms with Crippen LogP contribution in [0, 0.1) is 17.0 Å². The van der Waals surface area contributed by atoms with Gasteiger partial charge in [-0.15, -0.1) is 0 Å². The number of nitrogens with zero attached hydrogens (tertiary/aromatic N) is 1. The number of non-ortho nitro benzene ring substituents is 1. The smallest absolute Gasteiger partial charge is 0.319 e. The molecule has 1 rings (SSSR count). The quantitative estimate of drug-likeness (QED) is 0.551. The molecule has 0 saturated carbocycles. The van der Waals surface area contributed by atoms with Gasteiger partial charge in [-0.1, -0.05) is 0 Å². The number of hydrogen-bond donors (Lipinski definition) is 3. The van der Waals surface area contributed by atoms with E-state index in [2.05, 4.69) is 10.6 Å². The van der Waals surface area contributed by atoms with Crippen LogP contribution in [-0.2, 0) is 4.79 Å². The van der Waals surface area contributed by atoms with E-state index in [9.17, 15) is 19.7 Å². The van der Waals surface area contributed by atoms with Crippen molar-refractivity contribution in [3.63, 3.8) is 0 Å². The Hall–Kier alpha value is -2.64. The molecular weight excluding hydrogens is 254 g/mol. The number of anilines is 1. The van der Waals surface area contributed by atoms with E-state index < -0.39 is 16.9 Å². The van der Waals surface area contributed by atoms with Crippen LogP contribution in [0.3, 0.4) is 0 Å². The second-order valence-electron chi connectivity index (χ2n) is 3.78. The van der Waals surface area contributed by atoms with Gasteiger partial charge >= 0.3 is 12.0 Å². The Balaban J connectivity index is 2.59. The number of aliphatic carboxylic acids is 1. The van der Waals surface area contributed by atoms with Crippen molar-refractivity contribution < 1.29 is 19.6 Å². The van der Waals surface area contributed by atoms with E-state index in [0.717, 1.165) is 0 Å². The number of carbonyl (C=O) groups excluding carboxylic acids is 1. The number of carboxylic acid groups (broad SMARTS) is 1. The molecule has 0 aromatic heterocycles. The molecule has 0 bridgehead atoms. The fourth-order valence-electron chi connectivity index (χ4n) is 1.35. The van der Waals surface area contributed by atoms with Crippen molar-refractivity contribution in [2.75, 3.05) is 11.9 Å². The summed E-state index contributed by atoms with van der Waals surface area (Å²) in [6.45, 7) is 1.63. The van der Waals surface area contributed by atoms with E-state index in [-0.39, 0.29) is 18.7 Å². The Morgan fingerprint density at radius 1 is 1.42 bits per heavy atom. The van der Waals surface area contributed by atoms with Crippen molar-refractivity contribution in [2.24, 2.45) is 0 Å². The van der Waals surface area contributed by atoms with Gasteiger partial charge in [-0.05, 0) is 18.6 Å². The monoisotopic (exact) mass is 267 g/mol. The molecule has 1 aromatic rings. The number of nitrogens with one attached hydrogen (secondary N) is 2. The molecule has 2 amide bonds. The summed E-state index contributed by atoms with van der Waals surface area (Å²) in [4.78, 5) is 31.7. The molecule has 0 aliphatic heterocycles. The Kier molecular flexibility index (Phi) is 4.81. The minimum absolute atomic E-state index is 0.00714. The second-order valence-corrected chi connectivity index (χ2v) is 3.78. The van der Waals surface area contributed by atoms with Crippen molar-refractivity contribution >= 4 is 23.4 Å². The number of hydrogen-bond acceptors (Lipinski definition) is 4. The highest BCUT2D eigenvalue weighted by Gasteiger charge is 2.10. The number of carbonyl (C=O) groups is 2. The van der Waals surface area contributed by atoms with Gasteiger partial charge < -0.3 is 15.7 Å². The van der Waals surface area contributed by atoms with E-state index in [1.807, 2.05) is 0 Å². The summed E-state index contributed by atoms with van der Waals surface area (Å²) in [7, 11) is 0. The molecule has 19 heavy (non-hydrogen) atoms.